The summed E-state index contributed by atoms with van der Waals surface area (Å²) >= 11 is 0. The predicted octanol–water partition coefficient (Wildman–Crippen LogP) is 2.11. The zero-order valence-electron chi connectivity index (χ0n) is 12.2. The molecule has 0 aliphatic carbocycles. The first-order valence-corrected chi connectivity index (χ1v) is 7.52. The number of carbonyl (C=O) groups is 1. The number of nitrogens with one attached hydrogen (secondary N) is 1. The van der Waals surface area contributed by atoms with Crippen molar-refractivity contribution in [1.82, 2.24) is 4.90 Å². The van der Waals surface area contributed by atoms with Gasteiger partial charge >= 0.3 is 0 Å². The Balaban J connectivity index is 1.74. The van der Waals surface area contributed by atoms with Crippen LogP contribution in [0.5, 0.6) is 0 Å². The summed E-state index contributed by atoms with van der Waals surface area (Å²) in [5.41, 5.74) is 2.98. The average molecular weight is 287 g/mol. The monoisotopic (exact) mass is 287 g/mol. The lowest BCUT2D eigenvalue weighted by Gasteiger charge is -2.36. The smallest absolute Gasteiger partial charge is 0.241 e. The van der Waals surface area contributed by atoms with E-state index < -0.39 is 0 Å². The topological polar surface area (TPSA) is 64.9 Å². The van der Waals surface area contributed by atoms with Crippen LogP contribution in [-0.2, 0) is 11.2 Å². The maximum atomic E-state index is 12.5. The van der Waals surface area contributed by atoms with Gasteiger partial charge in [-0.1, -0.05) is 30.3 Å². The zero-order valence-corrected chi connectivity index (χ0v) is 12.2. The van der Waals surface area contributed by atoms with Crippen LogP contribution in [0.2, 0.25) is 0 Å². The summed E-state index contributed by atoms with van der Waals surface area (Å²) in [6.07, 6.45) is 2.47. The molecule has 0 bridgehead atoms. The number of piperidine rings is 1. The molecule has 112 valence electrons. The molecule has 1 fully saturated rings. The van der Waals surface area contributed by atoms with Crippen molar-refractivity contribution in [1.29, 1.82) is 0 Å². The molecule has 2 N–H and O–H groups in total. The third kappa shape index (κ3) is 2.78. The van der Waals surface area contributed by atoms with Gasteiger partial charge in [0.15, 0.2) is 0 Å². The second-order valence-electron chi connectivity index (χ2n) is 5.94. The summed E-state index contributed by atoms with van der Waals surface area (Å²) in [6, 6.07) is 7.91. The van der Waals surface area contributed by atoms with Crippen molar-refractivity contribution in [3.8, 4) is 0 Å². The number of para-hydroxylation sites is 1. The standard InChI is InChI=1S/C16H21N3O2/c1-11-10-19(9-8-13(11)18-21)15-7-6-12-4-2-3-5-14(12)17-16(15)20/h2-5,11,15,21H,6-10H2,1H3,(H,17,20)/b18-13+. The SMILES string of the molecule is CC1CN(C2CCc3ccccc3NC2=O)CC/C1=N\O. The van der Waals surface area contributed by atoms with Gasteiger partial charge in [-0.15, -0.1) is 0 Å². The highest BCUT2D eigenvalue weighted by Gasteiger charge is 2.33. The molecule has 2 aliphatic rings. The summed E-state index contributed by atoms with van der Waals surface area (Å²) in [5.74, 6) is 0.277. The number of nitrogens with zero attached hydrogens (tertiary/aromatic N) is 2. The van der Waals surface area contributed by atoms with E-state index in [-0.39, 0.29) is 17.9 Å². The molecule has 2 aliphatic heterocycles. The van der Waals surface area contributed by atoms with Crippen LogP contribution >= 0.6 is 0 Å². The number of hydrogen-bond donors (Lipinski definition) is 2. The Labute approximate surface area is 124 Å². The number of aryl methyl sites for hydroxylation is 1. The van der Waals surface area contributed by atoms with E-state index in [1.165, 1.54) is 5.56 Å². The highest BCUT2D eigenvalue weighted by atomic mass is 16.4. The molecular formula is C16H21N3O2. The number of oxime groups is 1. The van der Waals surface area contributed by atoms with Gasteiger partial charge in [-0.25, -0.2) is 0 Å². The maximum Gasteiger partial charge on any atom is 0.241 e. The fourth-order valence-corrected chi connectivity index (χ4v) is 3.33. The Hall–Kier alpha value is -1.88. The molecule has 1 saturated heterocycles. The van der Waals surface area contributed by atoms with Crippen LogP contribution in [0, 0.1) is 5.92 Å². The Kier molecular flexibility index (Phi) is 3.92. The quantitative estimate of drug-likeness (QED) is 0.614. The molecule has 5 heteroatoms. The van der Waals surface area contributed by atoms with E-state index in [0.29, 0.717) is 0 Å². The molecule has 1 aromatic carbocycles. The van der Waals surface area contributed by atoms with Crippen LogP contribution in [0.4, 0.5) is 5.69 Å². The third-order valence-electron chi connectivity index (χ3n) is 4.57. The minimum absolute atomic E-state index is 0.0801. The molecule has 1 aromatic rings. The van der Waals surface area contributed by atoms with E-state index in [0.717, 1.165) is 43.8 Å². The zero-order chi connectivity index (χ0) is 14.8. The number of likely N-dealkylation sites (tertiary alicyclic amines) is 1. The molecule has 2 unspecified atom stereocenters. The van der Waals surface area contributed by atoms with Crippen LogP contribution in [0.3, 0.4) is 0 Å². The summed E-state index contributed by atoms with van der Waals surface area (Å²) in [4.78, 5) is 14.7. The number of benzene rings is 1. The second kappa shape index (κ2) is 5.85. The summed E-state index contributed by atoms with van der Waals surface area (Å²) in [6.45, 7) is 3.59. The first-order chi connectivity index (χ1) is 10.2. The Morgan fingerprint density at radius 3 is 2.90 bits per heavy atom. The predicted molar refractivity (Wildman–Crippen MR) is 81.8 cm³/mol. The van der Waals surface area contributed by atoms with E-state index in [1.807, 2.05) is 25.1 Å². The number of rotatable bonds is 1. The lowest BCUT2D eigenvalue weighted by Crippen LogP contribution is -2.50. The first-order valence-electron chi connectivity index (χ1n) is 7.52. The molecule has 21 heavy (non-hydrogen) atoms. The molecule has 2 heterocycles. The Morgan fingerprint density at radius 1 is 1.33 bits per heavy atom. The van der Waals surface area contributed by atoms with Crippen LogP contribution in [0.15, 0.2) is 29.4 Å². The number of amides is 1. The van der Waals surface area contributed by atoms with Gasteiger partial charge in [0.05, 0.1) is 11.8 Å². The molecular weight excluding hydrogens is 266 g/mol. The fraction of sp³-hybridized carbons (Fsp3) is 0.500. The Bertz CT molecular complexity index is 570. The van der Waals surface area contributed by atoms with Crippen molar-refractivity contribution in [2.75, 3.05) is 18.4 Å². The maximum absolute atomic E-state index is 12.5. The third-order valence-corrected chi connectivity index (χ3v) is 4.57. The fourth-order valence-electron chi connectivity index (χ4n) is 3.33. The van der Waals surface area contributed by atoms with Crippen molar-refractivity contribution >= 4 is 17.3 Å². The van der Waals surface area contributed by atoms with Crippen LogP contribution < -0.4 is 5.32 Å². The molecule has 2 atom stereocenters. The van der Waals surface area contributed by atoms with E-state index in [4.69, 9.17) is 5.21 Å². The van der Waals surface area contributed by atoms with Gasteiger partial charge in [0, 0.05) is 31.1 Å². The highest BCUT2D eigenvalue weighted by molar-refractivity contribution is 5.96. The van der Waals surface area contributed by atoms with E-state index >= 15 is 0 Å². The Morgan fingerprint density at radius 2 is 2.14 bits per heavy atom. The van der Waals surface area contributed by atoms with Crippen molar-refractivity contribution in [3.05, 3.63) is 29.8 Å². The minimum Gasteiger partial charge on any atom is -0.411 e. The first kappa shape index (κ1) is 14.1. The van der Waals surface area contributed by atoms with Crippen molar-refractivity contribution in [2.45, 2.75) is 32.2 Å². The van der Waals surface area contributed by atoms with Gasteiger partial charge in [-0.3, -0.25) is 9.69 Å². The second-order valence-corrected chi connectivity index (χ2v) is 5.94. The normalized spacial score (nSPS) is 28.8. The summed E-state index contributed by atoms with van der Waals surface area (Å²) in [7, 11) is 0. The lowest BCUT2D eigenvalue weighted by atomic mass is 9.95. The molecule has 1 amide bonds. The number of carbonyl (C=O) groups excluding carboxylic acids is 1. The minimum atomic E-state index is -0.0971. The lowest BCUT2D eigenvalue weighted by molar-refractivity contribution is -0.121. The summed E-state index contributed by atoms with van der Waals surface area (Å²) in [5, 5.41) is 15.4. The van der Waals surface area contributed by atoms with E-state index in [2.05, 4.69) is 21.4 Å². The molecule has 3 rings (SSSR count). The average Bonchev–Trinajstić information content (AvgIpc) is 2.65. The highest BCUT2D eigenvalue weighted by Crippen LogP contribution is 2.26. The molecule has 5 nitrogen and oxygen atoms in total. The van der Waals surface area contributed by atoms with Crippen LogP contribution in [0.25, 0.3) is 0 Å². The number of hydrogen-bond acceptors (Lipinski definition) is 4. The van der Waals surface area contributed by atoms with E-state index in [1.54, 1.807) is 0 Å². The van der Waals surface area contributed by atoms with Crippen LogP contribution in [-0.4, -0.2) is 40.9 Å². The number of anilines is 1. The summed E-state index contributed by atoms with van der Waals surface area (Å²) < 4.78 is 0. The molecule has 0 spiro atoms. The van der Waals surface area contributed by atoms with Gasteiger partial charge < -0.3 is 10.5 Å². The molecule has 0 radical (unpaired) electrons. The van der Waals surface area contributed by atoms with Gasteiger partial charge in [0.25, 0.3) is 0 Å². The van der Waals surface area contributed by atoms with Gasteiger partial charge in [-0.2, -0.15) is 0 Å². The van der Waals surface area contributed by atoms with Crippen molar-refractivity contribution < 1.29 is 10.0 Å². The molecule has 0 saturated carbocycles. The van der Waals surface area contributed by atoms with Crippen molar-refractivity contribution in [2.24, 2.45) is 11.1 Å². The van der Waals surface area contributed by atoms with Crippen LogP contribution in [0.1, 0.15) is 25.3 Å². The largest absolute Gasteiger partial charge is 0.411 e. The van der Waals surface area contributed by atoms with E-state index in [9.17, 15) is 4.79 Å². The van der Waals surface area contributed by atoms with Gasteiger partial charge in [-0.05, 0) is 24.5 Å². The van der Waals surface area contributed by atoms with Gasteiger partial charge in [0.1, 0.15) is 0 Å². The van der Waals surface area contributed by atoms with Crippen molar-refractivity contribution in [3.63, 3.8) is 0 Å². The number of fused-ring (bicyclic) bond motifs is 1. The molecule has 0 aromatic heterocycles. The van der Waals surface area contributed by atoms with Gasteiger partial charge in [0.2, 0.25) is 5.91 Å².